The fraction of sp³-hybridized carbons (Fsp3) is 0.533. The van der Waals surface area contributed by atoms with Gasteiger partial charge >= 0.3 is 0 Å². The van der Waals surface area contributed by atoms with Gasteiger partial charge in [0.2, 0.25) is 5.91 Å². The van der Waals surface area contributed by atoms with Gasteiger partial charge < -0.3 is 10.5 Å². The molecule has 1 aromatic rings. The van der Waals surface area contributed by atoms with Crippen LogP contribution in [0.25, 0.3) is 0 Å². The minimum atomic E-state index is -0.656. The molecule has 7 heteroatoms. The highest BCUT2D eigenvalue weighted by molar-refractivity contribution is 6.42. The van der Waals surface area contributed by atoms with Gasteiger partial charge in [-0.2, -0.15) is 5.06 Å². The number of rotatable bonds is 3. The Bertz CT molecular complexity index is 528. The van der Waals surface area contributed by atoms with E-state index in [2.05, 4.69) is 5.32 Å². The predicted molar refractivity (Wildman–Crippen MR) is 91.0 cm³/mol. The zero-order chi connectivity index (χ0) is 15.5. The Balaban J connectivity index is 0.00000242. The van der Waals surface area contributed by atoms with Gasteiger partial charge in [0.15, 0.2) is 0 Å². The quantitative estimate of drug-likeness (QED) is 0.848. The summed E-state index contributed by atoms with van der Waals surface area (Å²) in [5.74, 6) is -0.118. The molecule has 2 N–H and O–H groups in total. The summed E-state index contributed by atoms with van der Waals surface area (Å²) in [6.45, 7) is 2.39. The average molecular weight is 368 g/mol. The van der Waals surface area contributed by atoms with Gasteiger partial charge in [0.1, 0.15) is 0 Å². The third kappa shape index (κ3) is 4.27. The van der Waals surface area contributed by atoms with Crippen LogP contribution in [0.3, 0.4) is 0 Å². The molecular formula is C15H21Cl3N2O2. The van der Waals surface area contributed by atoms with Crippen molar-refractivity contribution < 1.29 is 10.0 Å². The van der Waals surface area contributed by atoms with E-state index < -0.39 is 5.54 Å². The van der Waals surface area contributed by atoms with Crippen molar-refractivity contribution in [3.05, 3.63) is 33.8 Å². The predicted octanol–water partition coefficient (Wildman–Crippen LogP) is 4.01. The van der Waals surface area contributed by atoms with Gasteiger partial charge in [-0.25, -0.2) is 0 Å². The summed E-state index contributed by atoms with van der Waals surface area (Å²) in [6.07, 6.45) is 3.72. The van der Waals surface area contributed by atoms with E-state index in [1.807, 2.05) is 6.07 Å². The molecule has 2 rings (SSSR count). The molecule has 0 aliphatic carbocycles. The highest BCUT2D eigenvalue weighted by atomic mass is 35.5. The van der Waals surface area contributed by atoms with Crippen molar-refractivity contribution >= 4 is 41.5 Å². The third-order valence-electron chi connectivity index (χ3n) is 4.04. The standard InChI is InChI=1S/C15H20Cl2N2O2.ClH/c1-11(20)18-10-15(7-3-2-4-8-19(15)21)12-5-6-13(16)14(17)9-12;/h5-6,9,21H,2-4,7-8,10H2,1H3,(H,18,20);1H/t15-;/m1./s1. The second-order valence-electron chi connectivity index (χ2n) is 5.50. The molecule has 1 aromatic carbocycles. The minimum Gasteiger partial charge on any atom is -0.354 e. The summed E-state index contributed by atoms with van der Waals surface area (Å²) in [6, 6.07) is 5.37. The van der Waals surface area contributed by atoms with Gasteiger partial charge in [-0.05, 0) is 30.5 Å². The molecule has 4 nitrogen and oxygen atoms in total. The van der Waals surface area contributed by atoms with E-state index in [9.17, 15) is 10.0 Å². The number of hydroxylamine groups is 2. The first-order valence-electron chi connectivity index (χ1n) is 7.12. The van der Waals surface area contributed by atoms with Crippen LogP contribution in [0, 0.1) is 0 Å². The van der Waals surface area contributed by atoms with Gasteiger partial charge in [0, 0.05) is 20.0 Å². The lowest BCUT2D eigenvalue weighted by Crippen LogP contribution is -2.51. The molecule has 0 spiro atoms. The average Bonchev–Trinajstić information content (AvgIpc) is 2.62. The highest BCUT2D eigenvalue weighted by Crippen LogP contribution is 2.37. The number of nitrogens with one attached hydrogen (secondary N) is 1. The Hall–Kier alpha value is -0.520. The first-order chi connectivity index (χ1) is 9.95. The number of nitrogens with zero attached hydrogens (tertiary/aromatic N) is 1. The summed E-state index contributed by atoms with van der Waals surface area (Å²) in [7, 11) is 0. The largest absolute Gasteiger partial charge is 0.354 e. The molecule has 0 radical (unpaired) electrons. The maximum absolute atomic E-state index is 11.3. The smallest absolute Gasteiger partial charge is 0.216 e. The first-order valence-corrected chi connectivity index (χ1v) is 7.88. The molecular weight excluding hydrogens is 347 g/mol. The van der Waals surface area contributed by atoms with Crippen LogP contribution < -0.4 is 5.32 Å². The maximum Gasteiger partial charge on any atom is 0.216 e. The molecule has 1 amide bonds. The number of halogens is 3. The minimum absolute atomic E-state index is 0. The topological polar surface area (TPSA) is 52.6 Å². The van der Waals surface area contributed by atoms with Crippen molar-refractivity contribution in [1.29, 1.82) is 0 Å². The molecule has 0 unspecified atom stereocenters. The van der Waals surface area contributed by atoms with Crippen LogP contribution in [-0.2, 0) is 10.3 Å². The highest BCUT2D eigenvalue weighted by Gasteiger charge is 2.39. The first kappa shape index (κ1) is 19.5. The van der Waals surface area contributed by atoms with Crippen molar-refractivity contribution in [3.63, 3.8) is 0 Å². The fourth-order valence-electron chi connectivity index (χ4n) is 2.83. The van der Waals surface area contributed by atoms with E-state index in [1.165, 1.54) is 12.0 Å². The van der Waals surface area contributed by atoms with E-state index in [-0.39, 0.29) is 18.3 Å². The summed E-state index contributed by atoms with van der Waals surface area (Å²) in [5.41, 5.74) is 0.214. The summed E-state index contributed by atoms with van der Waals surface area (Å²) < 4.78 is 0. The number of benzene rings is 1. The van der Waals surface area contributed by atoms with E-state index in [0.717, 1.165) is 31.2 Å². The fourth-order valence-corrected chi connectivity index (χ4v) is 3.13. The van der Waals surface area contributed by atoms with Crippen molar-refractivity contribution in [2.45, 2.75) is 38.1 Å². The van der Waals surface area contributed by atoms with E-state index in [1.54, 1.807) is 12.1 Å². The second kappa shape index (κ2) is 8.37. The van der Waals surface area contributed by atoms with Crippen LogP contribution >= 0.6 is 35.6 Å². The lowest BCUT2D eigenvalue weighted by atomic mass is 9.85. The monoisotopic (exact) mass is 366 g/mol. The zero-order valence-corrected chi connectivity index (χ0v) is 14.8. The second-order valence-corrected chi connectivity index (χ2v) is 6.32. The van der Waals surface area contributed by atoms with Crippen molar-refractivity contribution in [1.82, 2.24) is 10.4 Å². The number of hydrogen-bond acceptors (Lipinski definition) is 3. The van der Waals surface area contributed by atoms with Crippen molar-refractivity contribution in [2.24, 2.45) is 0 Å². The molecule has 22 heavy (non-hydrogen) atoms. The maximum atomic E-state index is 11.3. The molecule has 1 aliphatic rings. The van der Waals surface area contributed by atoms with Gasteiger partial charge in [-0.15, -0.1) is 12.4 Å². The number of hydrogen-bond donors (Lipinski definition) is 2. The van der Waals surface area contributed by atoms with Gasteiger partial charge in [0.25, 0.3) is 0 Å². The van der Waals surface area contributed by atoms with E-state index in [4.69, 9.17) is 23.2 Å². The van der Waals surface area contributed by atoms with Crippen molar-refractivity contribution in [2.75, 3.05) is 13.1 Å². The Morgan fingerprint density at radius 3 is 2.68 bits per heavy atom. The third-order valence-corrected chi connectivity index (χ3v) is 4.78. The molecule has 0 aromatic heterocycles. The lowest BCUT2D eigenvalue weighted by Gasteiger charge is -2.39. The van der Waals surface area contributed by atoms with Crippen LogP contribution in [-0.4, -0.2) is 29.3 Å². The van der Waals surface area contributed by atoms with E-state index >= 15 is 0 Å². The molecule has 124 valence electrons. The summed E-state index contributed by atoms with van der Waals surface area (Å²) in [5, 5.41) is 15.6. The Morgan fingerprint density at radius 2 is 2.05 bits per heavy atom. The molecule has 0 bridgehead atoms. The number of carbonyl (C=O) groups is 1. The molecule has 1 fully saturated rings. The van der Waals surface area contributed by atoms with Crippen LogP contribution in [0.15, 0.2) is 18.2 Å². The SMILES string of the molecule is CC(=O)NC[C@@]1(c2ccc(Cl)c(Cl)c2)CCCCCN1O.Cl. The molecule has 1 heterocycles. The van der Waals surface area contributed by atoms with E-state index in [0.29, 0.717) is 23.1 Å². The summed E-state index contributed by atoms with van der Waals surface area (Å²) in [4.78, 5) is 11.3. The Kier molecular flexibility index (Phi) is 7.42. The Labute approximate surface area is 147 Å². The van der Waals surface area contributed by atoms with Crippen LogP contribution in [0.5, 0.6) is 0 Å². The normalized spacial score (nSPS) is 22.5. The zero-order valence-electron chi connectivity index (χ0n) is 12.4. The molecule has 1 atom stereocenters. The molecule has 0 saturated carbocycles. The van der Waals surface area contributed by atoms with Gasteiger partial charge in [-0.3, -0.25) is 4.79 Å². The van der Waals surface area contributed by atoms with Gasteiger partial charge in [-0.1, -0.05) is 42.1 Å². The number of amides is 1. The van der Waals surface area contributed by atoms with Crippen LogP contribution in [0.2, 0.25) is 10.0 Å². The summed E-state index contributed by atoms with van der Waals surface area (Å²) >= 11 is 12.1. The molecule has 1 aliphatic heterocycles. The number of carbonyl (C=O) groups excluding carboxylic acids is 1. The molecule has 1 saturated heterocycles. The van der Waals surface area contributed by atoms with Crippen LogP contribution in [0.4, 0.5) is 0 Å². The van der Waals surface area contributed by atoms with Crippen LogP contribution in [0.1, 0.15) is 38.2 Å². The lowest BCUT2D eigenvalue weighted by molar-refractivity contribution is -0.177. The van der Waals surface area contributed by atoms with Crippen molar-refractivity contribution in [3.8, 4) is 0 Å². The Morgan fingerprint density at radius 1 is 1.32 bits per heavy atom. The van der Waals surface area contributed by atoms with Gasteiger partial charge in [0.05, 0.1) is 15.6 Å².